The molecule has 10 heteroatoms. The molecule has 0 aliphatic heterocycles. The number of hydrogen-bond acceptors (Lipinski definition) is 7. The summed E-state index contributed by atoms with van der Waals surface area (Å²) in [6.07, 6.45) is 0.677. The number of carbonyl (C=O) groups excluding carboxylic acids is 1. The monoisotopic (exact) mass is 415 g/mol. The van der Waals surface area contributed by atoms with Crippen molar-refractivity contribution in [1.29, 1.82) is 0 Å². The van der Waals surface area contributed by atoms with Crippen molar-refractivity contribution in [2.45, 2.75) is 32.4 Å². The van der Waals surface area contributed by atoms with Crippen LogP contribution in [-0.4, -0.2) is 39.9 Å². The second-order valence-corrected chi connectivity index (χ2v) is 7.09. The second kappa shape index (κ2) is 8.54. The Hall–Kier alpha value is -3.40. The van der Waals surface area contributed by atoms with E-state index in [1.165, 1.54) is 7.11 Å². The predicted molar refractivity (Wildman–Crippen MR) is 115 cm³/mol. The number of ether oxygens (including phenoxy) is 1. The number of nitrogens with one attached hydrogen (secondary N) is 2. The number of benzene rings is 1. The van der Waals surface area contributed by atoms with E-state index in [4.69, 9.17) is 16.2 Å². The third kappa shape index (κ3) is 4.13. The van der Waals surface area contributed by atoms with E-state index in [0.29, 0.717) is 18.0 Å². The lowest BCUT2D eigenvalue weighted by Gasteiger charge is -2.22. The van der Waals surface area contributed by atoms with Crippen LogP contribution in [0.3, 0.4) is 0 Å². The normalized spacial score (nSPS) is 13.1. The van der Waals surface area contributed by atoms with Crippen LogP contribution < -0.4 is 26.8 Å². The Morgan fingerprint density at radius 2 is 2.07 bits per heavy atom. The van der Waals surface area contributed by atoms with Gasteiger partial charge in [-0.15, -0.1) is 5.10 Å². The molecule has 0 radical (unpaired) electrons. The minimum atomic E-state index is -0.797. The largest absolute Gasteiger partial charge is 0.479 e. The van der Waals surface area contributed by atoms with Crippen molar-refractivity contribution in [2.75, 3.05) is 17.7 Å². The van der Waals surface area contributed by atoms with Crippen LogP contribution in [-0.2, 0) is 7.05 Å². The number of amides is 1. The van der Waals surface area contributed by atoms with Gasteiger partial charge >= 0.3 is 0 Å². The highest BCUT2D eigenvalue weighted by Gasteiger charge is 2.20. The molecule has 0 saturated carbocycles. The maximum absolute atomic E-state index is 14.6. The molecule has 2 aromatic heterocycles. The van der Waals surface area contributed by atoms with Crippen LogP contribution in [0, 0.1) is 5.82 Å². The number of aromatic nitrogens is 3. The first-order valence-corrected chi connectivity index (χ1v) is 9.55. The molecule has 2 atom stereocenters. The van der Waals surface area contributed by atoms with E-state index in [9.17, 15) is 9.18 Å². The van der Waals surface area contributed by atoms with Crippen LogP contribution >= 0.6 is 0 Å². The zero-order valence-electron chi connectivity index (χ0n) is 17.4. The van der Waals surface area contributed by atoms with Crippen LogP contribution in [0.25, 0.3) is 10.9 Å². The van der Waals surface area contributed by atoms with Crippen LogP contribution in [0.15, 0.2) is 24.3 Å². The third-order valence-corrected chi connectivity index (χ3v) is 4.91. The molecule has 2 heterocycles. The van der Waals surface area contributed by atoms with E-state index in [1.54, 1.807) is 16.8 Å². The molecule has 9 nitrogen and oxygen atoms in total. The number of nitrogens with two attached hydrogens (primary N) is 2. The van der Waals surface area contributed by atoms with E-state index in [0.717, 1.165) is 17.0 Å². The molecule has 6 N–H and O–H groups in total. The van der Waals surface area contributed by atoms with Gasteiger partial charge in [0.1, 0.15) is 5.82 Å². The summed E-state index contributed by atoms with van der Waals surface area (Å²) >= 11 is 0. The molecule has 0 bridgehead atoms. The fraction of sp³-hybridized carbons (Fsp3) is 0.350. The Kier molecular flexibility index (Phi) is 6.06. The van der Waals surface area contributed by atoms with Crippen molar-refractivity contribution in [2.24, 2.45) is 18.5 Å². The van der Waals surface area contributed by atoms with E-state index < -0.39 is 11.7 Å². The van der Waals surface area contributed by atoms with E-state index in [2.05, 4.69) is 20.7 Å². The lowest BCUT2D eigenvalue weighted by molar-refractivity contribution is 0.100. The summed E-state index contributed by atoms with van der Waals surface area (Å²) < 4.78 is 21.6. The summed E-state index contributed by atoms with van der Waals surface area (Å²) in [5.74, 6) is -0.893. The van der Waals surface area contributed by atoms with Crippen molar-refractivity contribution in [1.82, 2.24) is 14.8 Å². The Bertz CT molecular complexity index is 1080. The number of aryl methyl sites for hydroxylation is 1. The average molecular weight is 415 g/mol. The molecular weight excluding hydrogens is 389 g/mol. The number of halogens is 1. The highest BCUT2D eigenvalue weighted by Crippen LogP contribution is 2.30. The maximum atomic E-state index is 14.6. The second-order valence-electron chi connectivity index (χ2n) is 7.09. The predicted octanol–water partition coefficient (Wildman–Crippen LogP) is 2.50. The van der Waals surface area contributed by atoms with Crippen LogP contribution in [0.5, 0.6) is 5.88 Å². The van der Waals surface area contributed by atoms with Gasteiger partial charge in [-0.2, -0.15) is 0 Å². The molecule has 1 aromatic carbocycles. The summed E-state index contributed by atoms with van der Waals surface area (Å²) in [5.41, 5.74) is 12.8. The minimum Gasteiger partial charge on any atom is -0.479 e. The van der Waals surface area contributed by atoms with E-state index >= 15 is 0 Å². The molecule has 160 valence electrons. The number of methoxy groups -OCH3 is 1. The summed E-state index contributed by atoms with van der Waals surface area (Å²) in [6.45, 7) is 3.76. The zero-order valence-corrected chi connectivity index (χ0v) is 17.4. The van der Waals surface area contributed by atoms with E-state index in [1.807, 2.05) is 27.0 Å². The number of fused-ring (bicyclic) bond motifs is 1. The Labute approximate surface area is 173 Å². The first-order valence-electron chi connectivity index (χ1n) is 9.55. The number of nitrogens with zero attached hydrogens (tertiary/aromatic N) is 3. The number of hydrogen-bond donors (Lipinski definition) is 4. The summed E-state index contributed by atoms with van der Waals surface area (Å²) in [4.78, 5) is 16.2. The first-order chi connectivity index (χ1) is 14.2. The zero-order chi connectivity index (χ0) is 22.0. The molecule has 0 aliphatic rings. The van der Waals surface area contributed by atoms with Gasteiger partial charge in [0.2, 0.25) is 5.88 Å². The van der Waals surface area contributed by atoms with Crippen LogP contribution in [0.2, 0.25) is 0 Å². The third-order valence-electron chi connectivity index (χ3n) is 4.91. The molecule has 3 aromatic rings. The highest BCUT2D eigenvalue weighted by atomic mass is 19.1. The molecule has 0 spiro atoms. The summed E-state index contributed by atoms with van der Waals surface area (Å²) in [5, 5.41) is 11.1. The standard InChI is InChI=1S/C20H26FN7O2/c1-5-15(10(2)22)25-19-14(21)9-13(17(23)29)18(26-19)24-11-6-7-16-12(8-11)20(30-4)27-28(16)3/h6-10,15H,5,22H2,1-4H3,(H2,23,29)(H2,24,25,26)/t10-,15+/m0/s1. The summed E-state index contributed by atoms with van der Waals surface area (Å²) in [6, 6.07) is 6.11. The molecule has 0 saturated heterocycles. The van der Waals surface area contributed by atoms with Crippen molar-refractivity contribution in [3.8, 4) is 5.88 Å². The number of carbonyl (C=O) groups is 1. The fourth-order valence-electron chi connectivity index (χ4n) is 3.25. The van der Waals surface area contributed by atoms with Gasteiger partial charge in [0.05, 0.1) is 23.6 Å². The van der Waals surface area contributed by atoms with Gasteiger partial charge in [-0.3, -0.25) is 9.48 Å². The SMILES string of the molecule is CC[C@@H](Nc1nc(Nc2ccc3c(c2)c(OC)nn3C)c(C(N)=O)cc1F)[C@H](C)N. The Morgan fingerprint density at radius 1 is 1.33 bits per heavy atom. The van der Waals surface area contributed by atoms with Gasteiger partial charge < -0.3 is 26.8 Å². The molecule has 30 heavy (non-hydrogen) atoms. The first kappa shape index (κ1) is 21.3. The number of rotatable bonds is 8. The van der Waals surface area contributed by atoms with Crippen LogP contribution in [0.1, 0.15) is 30.6 Å². The van der Waals surface area contributed by atoms with Gasteiger partial charge in [-0.05, 0) is 37.6 Å². The van der Waals surface area contributed by atoms with Crippen LogP contribution in [0.4, 0.5) is 21.7 Å². The topological polar surface area (TPSA) is 133 Å². The quantitative estimate of drug-likeness (QED) is 0.444. The smallest absolute Gasteiger partial charge is 0.252 e. The number of primary amides is 1. The molecule has 0 fully saturated rings. The number of anilines is 3. The fourth-order valence-corrected chi connectivity index (χ4v) is 3.25. The Morgan fingerprint density at radius 3 is 2.67 bits per heavy atom. The van der Waals surface area contributed by atoms with Crippen molar-refractivity contribution >= 4 is 34.1 Å². The van der Waals surface area contributed by atoms with Crippen molar-refractivity contribution in [3.05, 3.63) is 35.6 Å². The molecule has 0 unspecified atom stereocenters. The van der Waals surface area contributed by atoms with Gasteiger partial charge in [0.25, 0.3) is 5.91 Å². The Balaban J connectivity index is 2.02. The van der Waals surface area contributed by atoms with Crippen molar-refractivity contribution < 1.29 is 13.9 Å². The molecular formula is C20H26FN7O2. The minimum absolute atomic E-state index is 0.00770. The van der Waals surface area contributed by atoms with Crippen molar-refractivity contribution in [3.63, 3.8) is 0 Å². The lowest BCUT2D eigenvalue weighted by atomic mass is 10.1. The van der Waals surface area contributed by atoms with Gasteiger partial charge in [-0.1, -0.05) is 6.92 Å². The highest BCUT2D eigenvalue weighted by molar-refractivity contribution is 5.99. The number of pyridine rings is 1. The molecule has 0 aliphatic carbocycles. The average Bonchev–Trinajstić information content (AvgIpc) is 3.02. The van der Waals surface area contributed by atoms with Gasteiger partial charge in [0.15, 0.2) is 11.6 Å². The van der Waals surface area contributed by atoms with E-state index in [-0.39, 0.29) is 29.3 Å². The summed E-state index contributed by atoms with van der Waals surface area (Å²) in [7, 11) is 3.35. The van der Waals surface area contributed by atoms with Gasteiger partial charge in [0, 0.05) is 24.8 Å². The maximum Gasteiger partial charge on any atom is 0.252 e. The van der Waals surface area contributed by atoms with Gasteiger partial charge in [-0.25, -0.2) is 9.37 Å². The molecule has 3 rings (SSSR count). The lowest BCUT2D eigenvalue weighted by Crippen LogP contribution is -2.38. The molecule has 1 amide bonds.